The van der Waals surface area contributed by atoms with Crippen LogP contribution in [0.3, 0.4) is 0 Å². The lowest BCUT2D eigenvalue weighted by atomic mass is 10.1. The fourth-order valence-corrected chi connectivity index (χ4v) is 10.8. The van der Waals surface area contributed by atoms with E-state index < -0.39 is 8.32 Å². The van der Waals surface area contributed by atoms with E-state index in [4.69, 9.17) is 4.43 Å². The number of benzene rings is 4. The van der Waals surface area contributed by atoms with Crippen molar-refractivity contribution in [2.75, 3.05) is 0 Å². The molecule has 0 amide bonds. The van der Waals surface area contributed by atoms with Crippen LogP contribution in [0, 0.1) is 0 Å². The highest BCUT2D eigenvalue weighted by atomic mass is 28.4. The molecule has 206 valence electrons. The first-order valence-electron chi connectivity index (χ1n) is 14.7. The van der Waals surface area contributed by atoms with Gasteiger partial charge in [-0.3, -0.25) is 4.79 Å². The van der Waals surface area contributed by atoms with Crippen LogP contribution in [-0.2, 0) is 48.4 Å². The van der Waals surface area contributed by atoms with Crippen molar-refractivity contribution in [3.63, 3.8) is 0 Å². The molecule has 0 aliphatic heterocycles. The van der Waals surface area contributed by atoms with Gasteiger partial charge in [-0.1, -0.05) is 121 Å². The Balaban J connectivity index is 1.28. The molecule has 3 nitrogen and oxygen atoms in total. The Morgan fingerprint density at radius 1 is 0.610 bits per heavy atom. The Morgan fingerprint density at radius 2 is 1.05 bits per heavy atom. The smallest absolute Gasteiger partial charge is 0.250 e. The minimum absolute atomic E-state index is 0.0807. The summed E-state index contributed by atoms with van der Waals surface area (Å²) in [4.78, 5) is 13.0. The molecule has 1 heterocycles. The molecule has 0 saturated carbocycles. The van der Waals surface area contributed by atoms with Crippen LogP contribution in [0.1, 0.15) is 33.4 Å². The van der Waals surface area contributed by atoms with Crippen LogP contribution in [0.5, 0.6) is 0 Å². The van der Waals surface area contributed by atoms with Crippen molar-refractivity contribution in [3.8, 4) is 0 Å². The number of nitrogens with zero attached hydrogens (tertiary/aromatic N) is 1. The molecule has 0 N–H and O–H groups in total. The molecule has 1 unspecified atom stereocenters. The number of hydrogen-bond acceptors (Lipinski definition) is 2. The molecule has 4 heteroatoms. The Kier molecular flexibility index (Phi) is 8.40. The molecule has 1 aliphatic rings. The van der Waals surface area contributed by atoms with E-state index in [2.05, 4.69) is 121 Å². The van der Waals surface area contributed by atoms with Gasteiger partial charge in [0.25, 0.3) is 5.56 Å². The van der Waals surface area contributed by atoms with E-state index in [0.29, 0.717) is 6.54 Å². The van der Waals surface area contributed by atoms with E-state index in [0.717, 1.165) is 43.0 Å². The number of pyridine rings is 1. The zero-order chi connectivity index (χ0) is 27.9. The molecule has 1 aromatic heterocycles. The van der Waals surface area contributed by atoms with Crippen molar-refractivity contribution in [3.05, 3.63) is 177 Å². The Hall–Kier alpha value is -3.99. The fourth-order valence-electron chi connectivity index (χ4n) is 6.32. The zero-order valence-corrected chi connectivity index (χ0v) is 24.5. The lowest BCUT2D eigenvalue weighted by Gasteiger charge is -2.35. The van der Waals surface area contributed by atoms with Crippen LogP contribution in [0.4, 0.5) is 0 Å². The summed E-state index contributed by atoms with van der Waals surface area (Å²) in [6, 6.07) is 47.6. The largest absolute Gasteiger partial charge is 0.412 e. The van der Waals surface area contributed by atoms with Gasteiger partial charge in [0.15, 0.2) is 0 Å². The molecular formula is C37H37NO2Si. The van der Waals surface area contributed by atoms with Crippen LogP contribution in [0.15, 0.2) is 138 Å². The van der Waals surface area contributed by atoms with Crippen LogP contribution in [0.25, 0.3) is 0 Å². The van der Waals surface area contributed by atoms with Crippen molar-refractivity contribution in [2.45, 2.75) is 50.0 Å². The van der Waals surface area contributed by atoms with E-state index >= 15 is 0 Å². The van der Waals surface area contributed by atoms with Gasteiger partial charge < -0.3 is 8.99 Å². The first-order chi connectivity index (χ1) is 20.1. The van der Waals surface area contributed by atoms with Crippen LogP contribution in [-0.4, -0.2) is 19.0 Å². The zero-order valence-electron chi connectivity index (χ0n) is 23.5. The maximum absolute atomic E-state index is 13.0. The van der Waals surface area contributed by atoms with Gasteiger partial charge in [-0.15, -0.1) is 0 Å². The Labute approximate surface area is 244 Å². The predicted octanol–water partition coefficient (Wildman–Crippen LogP) is 6.87. The third-order valence-corrected chi connectivity index (χ3v) is 12.2. The quantitative estimate of drug-likeness (QED) is 0.167. The topological polar surface area (TPSA) is 31.2 Å². The molecule has 0 radical (unpaired) electrons. The molecule has 4 aromatic carbocycles. The van der Waals surface area contributed by atoms with Gasteiger partial charge >= 0.3 is 0 Å². The summed E-state index contributed by atoms with van der Waals surface area (Å²) in [6.07, 6.45) is 4.68. The molecule has 1 atom stereocenters. The molecular weight excluding hydrogens is 518 g/mol. The monoisotopic (exact) mass is 555 g/mol. The summed E-state index contributed by atoms with van der Waals surface area (Å²) in [5.74, 6) is 0. The van der Waals surface area contributed by atoms with E-state index in [1.165, 1.54) is 27.8 Å². The van der Waals surface area contributed by atoms with Crippen LogP contribution >= 0.6 is 0 Å². The van der Waals surface area contributed by atoms with Crippen molar-refractivity contribution in [2.24, 2.45) is 0 Å². The molecule has 1 aliphatic carbocycles. The second-order valence-electron chi connectivity index (χ2n) is 11.4. The minimum atomic E-state index is -2.39. The van der Waals surface area contributed by atoms with Crippen molar-refractivity contribution in [1.82, 2.24) is 4.57 Å². The number of aromatic nitrogens is 1. The highest BCUT2D eigenvalue weighted by molar-refractivity contribution is 6.72. The Morgan fingerprint density at radius 3 is 1.54 bits per heavy atom. The van der Waals surface area contributed by atoms with Gasteiger partial charge in [0.1, 0.15) is 0 Å². The normalized spacial score (nSPS) is 14.6. The summed E-state index contributed by atoms with van der Waals surface area (Å²) in [5.41, 5.74) is 7.75. The lowest BCUT2D eigenvalue weighted by molar-refractivity contribution is 0.195. The van der Waals surface area contributed by atoms with Crippen molar-refractivity contribution >= 4 is 8.32 Å². The standard InChI is InChI=1S/C37H37NO2Si/c39-37-25-34-23-36(24-35(34)26-38(37)22-21-30-13-5-1-6-14-30)40-41(27-31-15-7-2-8-16-31,28-32-17-9-3-10-18-32)29-33-19-11-4-12-20-33/h1-20,25-26,36H,21-24,27-29H2. The molecule has 0 spiro atoms. The minimum Gasteiger partial charge on any atom is -0.412 e. The predicted molar refractivity (Wildman–Crippen MR) is 169 cm³/mol. The van der Waals surface area contributed by atoms with Crippen LogP contribution in [0.2, 0.25) is 0 Å². The molecule has 6 rings (SSSR count). The van der Waals surface area contributed by atoms with Gasteiger partial charge in [-0.2, -0.15) is 0 Å². The third kappa shape index (κ3) is 7.02. The van der Waals surface area contributed by atoms with Gasteiger partial charge in [0.2, 0.25) is 8.32 Å². The third-order valence-electron chi connectivity index (χ3n) is 8.21. The van der Waals surface area contributed by atoms with Crippen molar-refractivity contribution < 1.29 is 4.43 Å². The summed E-state index contributed by atoms with van der Waals surface area (Å²) >= 11 is 0. The van der Waals surface area contributed by atoms with Crippen molar-refractivity contribution in [1.29, 1.82) is 0 Å². The maximum atomic E-state index is 13.0. The summed E-state index contributed by atoms with van der Waals surface area (Å²) in [6.45, 7) is 0.691. The molecule has 0 bridgehead atoms. The number of fused-ring (bicyclic) bond motifs is 1. The average molecular weight is 556 g/mol. The van der Waals surface area contributed by atoms with Gasteiger partial charge in [0, 0.05) is 18.8 Å². The molecule has 0 fully saturated rings. The lowest BCUT2D eigenvalue weighted by Crippen LogP contribution is -2.50. The van der Waals surface area contributed by atoms with E-state index in [1.54, 1.807) is 0 Å². The maximum Gasteiger partial charge on any atom is 0.250 e. The van der Waals surface area contributed by atoms with E-state index in [9.17, 15) is 4.79 Å². The molecule has 0 saturated heterocycles. The molecule has 41 heavy (non-hydrogen) atoms. The van der Waals surface area contributed by atoms with Gasteiger partial charge in [-0.05, 0) is 70.8 Å². The fraction of sp³-hybridized carbons (Fsp3) is 0.216. The first kappa shape index (κ1) is 27.2. The summed E-state index contributed by atoms with van der Waals surface area (Å²) in [5, 5.41) is 0. The van der Waals surface area contributed by atoms with E-state index in [-0.39, 0.29) is 11.7 Å². The number of hydrogen-bond donors (Lipinski definition) is 0. The summed E-state index contributed by atoms with van der Waals surface area (Å²) < 4.78 is 9.32. The van der Waals surface area contributed by atoms with Gasteiger partial charge in [-0.25, -0.2) is 0 Å². The first-order valence-corrected chi connectivity index (χ1v) is 17.2. The average Bonchev–Trinajstić information content (AvgIpc) is 3.38. The SMILES string of the molecule is O=c1cc2c(cn1CCc1ccccc1)CC(O[Si](Cc1ccccc1)(Cc1ccccc1)Cc1ccccc1)C2. The second kappa shape index (κ2) is 12.7. The number of rotatable bonds is 11. The molecule has 5 aromatic rings. The number of aryl methyl sites for hydroxylation is 2. The van der Waals surface area contributed by atoms with E-state index in [1.807, 2.05) is 16.7 Å². The Bertz CT molecular complexity index is 1500. The highest BCUT2D eigenvalue weighted by Crippen LogP contribution is 2.31. The second-order valence-corrected chi connectivity index (χ2v) is 15.1. The summed E-state index contributed by atoms with van der Waals surface area (Å²) in [7, 11) is -2.39. The van der Waals surface area contributed by atoms with Gasteiger partial charge in [0.05, 0.1) is 6.10 Å². The highest BCUT2D eigenvalue weighted by Gasteiger charge is 2.40. The van der Waals surface area contributed by atoms with Crippen LogP contribution < -0.4 is 5.56 Å².